The molecule has 0 radical (unpaired) electrons. The number of carbonyl (C=O) groups excluding carboxylic acids is 3. The predicted molar refractivity (Wildman–Crippen MR) is 180 cm³/mol. The number of para-hydroxylation sites is 1. The van der Waals surface area contributed by atoms with E-state index >= 15 is 0 Å². The van der Waals surface area contributed by atoms with Crippen LogP contribution in [0.25, 0.3) is 27.6 Å². The Labute approximate surface area is 265 Å². The number of aromatic amines is 1. The van der Waals surface area contributed by atoms with E-state index in [1.807, 2.05) is 59.3 Å². The van der Waals surface area contributed by atoms with Crippen molar-refractivity contribution in [3.63, 3.8) is 0 Å². The highest BCUT2D eigenvalue weighted by molar-refractivity contribution is 8.00. The average Bonchev–Trinajstić information content (AvgIpc) is 3.82. The van der Waals surface area contributed by atoms with Gasteiger partial charge in [-0.05, 0) is 53.9 Å². The highest BCUT2D eigenvalue weighted by Gasteiger charge is 2.17. The van der Waals surface area contributed by atoms with Gasteiger partial charge in [0.1, 0.15) is 5.70 Å². The van der Waals surface area contributed by atoms with Crippen LogP contribution in [0.15, 0.2) is 119 Å². The summed E-state index contributed by atoms with van der Waals surface area (Å²) in [4.78, 5) is 48.7. The maximum absolute atomic E-state index is 13.5. The van der Waals surface area contributed by atoms with E-state index in [0.29, 0.717) is 16.4 Å². The van der Waals surface area contributed by atoms with E-state index < -0.39 is 11.8 Å². The number of thiazole rings is 1. The summed E-state index contributed by atoms with van der Waals surface area (Å²) < 4.78 is 0. The SMILES string of the molecule is O=C(CSc1cccc(NC(=O)/C(=C/c2c[nH]c3ccccc23)NC(=O)c2ccccc2)c1)Nc1nc(-c2cccs2)cs1. The van der Waals surface area contributed by atoms with E-state index in [-0.39, 0.29) is 17.4 Å². The molecule has 0 aliphatic rings. The van der Waals surface area contributed by atoms with Crippen LogP contribution in [0.4, 0.5) is 10.8 Å². The van der Waals surface area contributed by atoms with Gasteiger partial charge < -0.3 is 20.9 Å². The molecule has 218 valence electrons. The van der Waals surface area contributed by atoms with Crippen molar-refractivity contribution in [1.29, 1.82) is 0 Å². The van der Waals surface area contributed by atoms with Crippen LogP contribution >= 0.6 is 34.4 Å². The number of amides is 3. The van der Waals surface area contributed by atoms with Crippen molar-refractivity contribution in [3.8, 4) is 10.6 Å². The number of hydrogen-bond donors (Lipinski definition) is 4. The van der Waals surface area contributed by atoms with Gasteiger partial charge in [-0.25, -0.2) is 4.98 Å². The smallest absolute Gasteiger partial charge is 0.272 e. The summed E-state index contributed by atoms with van der Waals surface area (Å²) in [6, 6.07) is 27.6. The molecule has 0 spiro atoms. The summed E-state index contributed by atoms with van der Waals surface area (Å²) >= 11 is 4.32. The van der Waals surface area contributed by atoms with Crippen LogP contribution in [0.5, 0.6) is 0 Å². The lowest BCUT2D eigenvalue weighted by Crippen LogP contribution is -2.30. The Hall–Kier alpha value is -4.97. The largest absolute Gasteiger partial charge is 0.361 e. The molecule has 0 saturated heterocycles. The lowest BCUT2D eigenvalue weighted by molar-refractivity contribution is -0.114. The second kappa shape index (κ2) is 13.6. The molecule has 0 aliphatic carbocycles. The number of anilines is 2. The number of rotatable bonds is 10. The van der Waals surface area contributed by atoms with Crippen LogP contribution in [-0.4, -0.2) is 33.4 Å². The van der Waals surface area contributed by atoms with Crippen molar-refractivity contribution in [2.45, 2.75) is 4.90 Å². The molecule has 44 heavy (non-hydrogen) atoms. The third-order valence-electron chi connectivity index (χ3n) is 6.44. The van der Waals surface area contributed by atoms with E-state index in [9.17, 15) is 14.4 Å². The minimum Gasteiger partial charge on any atom is -0.361 e. The van der Waals surface area contributed by atoms with Crippen molar-refractivity contribution in [1.82, 2.24) is 15.3 Å². The first-order valence-electron chi connectivity index (χ1n) is 13.5. The molecule has 4 N–H and O–H groups in total. The summed E-state index contributed by atoms with van der Waals surface area (Å²) in [7, 11) is 0. The van der Waals surface area contributed by atoms with Gasteiger partial charge >= 0.3 is 0 Å². The van der Waals surface area contributed by atoms with Gasteiger partial charge in [-0.1, -0.05) is 48.5 Å². The van der Waals surface area contributed by atoms with Crippen LogP contribution < -0.4 is 16.0 Å². The third kappa shape index (κ3) is 7.14. The first-order chi connectivity index (χ1) is 21.5. The first kappa shape index (κ1) is 29.1. The van der Waals surface area contributed by atoms with E-state index in [2.05, 4.69) is 25.9 Å². The van der Waals surface area contributed by atoms with Crippen LogP contribution in [0, 0.1) is 0 Å². The lowest BCUT2D eigenvalue weighted by Gasteiger charge is -2.12. The van der Waals surface area contributed by atoms with Crippen LogP contribution in [0.1, 0.15) is 15.9 Å². The molecule has 0 saturated carbocycles. The number of carbonyl (C=O) groups is 3. The molecule has 3 aromatic heterocycles. The molecule has 3 heterocycles. The number of aromatic nitrogens is 2. The Morgan fingerprint density at radius 3 is 2.57 bits per heavy atom. The maximum Gasteiger partial charge on any atom is 0.272 e. The molecule has 0 unspecified atom stereocenters. The molecule has 8 nitrogen and oxygen atoms in total. The number of nitrogens with one attached hydrogen (secondary N) is 4. The van der Waals surface area contributed by atoms with Crippen LogP contribution in [0.3, 0.4) is 0 Å². The van der Waals surface area contributed by atoms with Gasteiger partial charge in [-0.15, -0.1) is 34.4 Å². The first-order valence-corrected chi connectivity index (χ1v) is 16.2. The molecule has 11 heteroatoms. The number of hydrogen-bond acceptors (Lipinski definition) is 7. The Bertz CT molecular complexity index is 1960. The molecule has 0 bridgehead atoms. The molecule has 3 aromatic carbocycles. The Balaban J connectivity index is 1.13. The zero-order chi connectivity index (χ0) is 30.3. The summed E-state index contributed by atoms with van der Waals surface area (Å²) in [6.45, 7) is 0. The molecule has 6 aromatic rings. The average molecular weight is 636 g/mol. The lowest BCUT2D eigenvalue weighted by atomic mass is 10.1. The predicted octanol–water partition coefficient (Wildman–Crippen LogP) is 7.49. The van der Waals surface area contributed by atoms with Crippen LogP contribution in [-0.2, 0) is 9.59 Å². The molecule has 0 aliphatic heterocycles. The molecular formula is C33H25N5O3S3. The number of nitrogens with zero attached hydrogens (tertiary/aromatic N) is 1. The van der Waals surface area contributed by atoms with Crippen molar-refractivity contribution in [2.24, 2.45) is 0 Å². The highest BCUT2D eigenvalue weighted by Crippen LogP contribution is 2.29. The Kier molecular flexibility index (Phi) is 8.97. The Morgan fingerprint density at radius 1 is 0.886 bits per heavy atom. The summed E-state index contributed by atoms with van der Waals surface area (Å²) in [5.74, 6) is -0.886. The van der Waals surface area contributed by atoms with Gasteiger partial charge in [0, 0.05) is 44.2 Å². The molecule has 0 fully saturated rings. The fraction of sp³-hybridized carbons (Fsp3) is 0.0303. The highest BCUT2D eigenvalue weighted by atomic mass is 32.2. The Morgan fingerprint density at radius 2 is 1.73 bits per heavy atom. The zero-order valence-corrected chi connectivity index (χ0v) is 25.5. The fourth-order valence-electron chi connectivity index (χ4n) is 4.35. The van der Waals surface area contributed by atoms with Gasteiger partial charge in [0.25, 0.3) is 11.8 Å². The van der Waals surface area contributed by atoms with Crippen molar-refractivity contribution >= 4 is 80.0 Å². The van der Waals surface area contributed by atoms with E-state index in [1.165, 1.54) is 23.1 Å². The van der Waals surface area contributed by atoms with Crippen LogP contribution in [0.2, 0.25) is 0 Å². The normalized spacial score (nSPS) is 11.3. The summed E-state index contributed by atoms with van der Waals surface area (Å²) in [5.41, 5.74) is 3.57. The quantitative estimate of drug-likeness (QED) is 0.0920. The van der Waals surface area contributed by atoms with Crippen molar-refractivity contribution in [2.75, 3.05) is 16.4 Å². The minimum absolute atomic E-state index is 0.0893. The fourth-order valence-corrected chi connectivity index (χ4v) is 6.59. The van der Waals surface area contributed by atoms with Gasteiger partial charge in [-0.3, -0.25) is 14.4 Å². The number of fused-ring (bicyclic) bond motifs is 1. The molecule has 3 amide bonds. The number of thioether (sulfide) groups is 1. The number of thiophene rings is 1. The zero-order valence-electron chi connectivity index (χ0n) is 23.1. The van der Waals surface area contributed by atoms with Gasteiger partial charge in [0.2, 0.25) is 5.91 Å². The summed E-state index contributed by atoms with van der Waals surface area (Å²) in [5, 5.41) is 13.9. The monoisotopic (exact) mass is 635 g/mol. The molecular weight excluding hydrogens is 611 g/mol. The minimum atomic E-state index is -0.482. The number of H-pyrrole nitrogens is 1. The van der Waals surface area contributed by atoms with Crippen molar-refractivity contribution in [3.05, 3.63) is 125 Å². The molecule has 6 rings (SSSR count). The standard InChI is InChI=1S/C33H25N5O3S3/c39-30(38-33-37-28(19-44-33)29-14-7-15-42-29)20-43-24-11-6-10-23(17-24)35-32(41)27(36-31(40)21-8-2-1-3-9-21)16-22-18-34-26-13-5-4-12-25(22)26/h1-19,34H,20H2,(H,35,41)(H,36,40)(H,37,38,39)/b27-16-. The maximum atomic E-state index is 13.5. The number of benzene rings is 3. The topological polar surface area (TPSA) is 116 Å². The second-order valence-corrected chi connectivity index (χ2v) is 12.4. The van der Waals surface area contributed by atoms with E-state index in [1.54, 1.807) is 66.1 Å². The molecule has 0 atom stereocenters. The van der Waals surface area contributed by atoms with E-state index in [4.69, 9.17) is 0 Å². The second-order valence-electron chi connectivity index (χ2n) is 9.50. The van der Waals surface area contributed by atoms with Crippen molar-refractivity contribution < 1.29 is 14.4 Å². The van der Waals surface area contributed by atoms with Gasteiger partial charge in [0.15, 0.2) is 5.13 Å². The third-order valence-corrected chi connectivity index (χ3v) is 9.08. The summed E-state index contributed by atoms with van der Waals surface area (Å²) in [6.07, 6.45) is 3.45. The van der Waals surface area contributed by atoms with E-state index in [0.717, 1.165) is 31.9 Å². The van der Waals surface area contributed by atoms with Gasteiger partial charge in [0.05, 0.1) is 16.3 Å². The van der Waals surface area contributed by atoms with Gasteiger partial charge in [-0.2, -0.15) is 0 Å².